The highest BCUT2D eigenvalue weighted by Crippen LogP contribution is 2.26. The SMILES string of the molecule is O=C1CCC(c2cccc(NC(=O)c3ccc(Oc4ccc(F)cc4)nc3)c2)N1. The largest absolute Gasteiger partial charge is 0.439 e. The second kappa shape index (κ2) is 8.10. The molecule has 1 unspecified atom stereocenters. The third-order valence-electron chi connectivity index (χ3n) is 4.58. The van der Waals surface area contributed by atoms with E-state index < -0.39 is 0 Å². The van der Waals surface area contributed by atoms with Gasteiger partial charge in [-0.05, 0) is 54.4 Å². The molecule has 0 spiro atoms. The molecular formula is C22H18FN3O3. The van der Waals surface area contributed by atoms with E-state index in [0.29, 0.717) is 29.3 Å². The molecule has 1 aromatic heterocycles. The molecular weight excluding hydrogens is 373 g/mol. The topological polar surface area (TPSA) is 80.3 Å². The summed E-state index contributed by atoms with van der Waals surface area (Å²) in [6.07, 6.45) is 2.67. The number of carbonyl (C=O) groups is 2. The van der Waals surface area contributed by atoms with E-state index >= 15 is 0 Å². The summed E-state index contributed by atoms with van der Waals surface area (Å²) in [5.74, 6) is 0.132. The molecule has 1 saturated heterocycles. The molecule has 1 atom stereocenters. The Kier molecular flexibility index (Phi) is 5.20. The van der Waals surface area contributed by atoms with E-state index in [1.165, 1.54) is 30.5 Å². The lowest BCUT2D eigenvalue weighted by atomic mass is 10.0. The number of rotatable bonds is 5. The molecule has 7 heteroatoms. The van der Waals surface area contributed by atoms with Gasteiger partial charge in [0.25, 0.3) is 5.91 Å². The van der Waals surface area contributed by atoms with E-state index in [0.717, 1.165) is 12.0 Å². The number of hydrogen-bond donors (Lipinski definition) is 2. The minimum absolute atomic E-state index is 0.0242. The first-order chi connectivity index (χ1) is 14.1. The Bertz CT molecular complexity index is 1040. The van der Waals surface area contributed by atoms with Gasteiger partial charge >= 0.3 is 0 Å². The maximum absolute atomic E-state index is 12.9. The van der Waals surface area contributed by atoms with E-state index in [1.54, 1.807) is 18.2 Å². The summed E-state index contributed by atoms with van der Waals surface area (Å²) in [5.41, 5.74) is 1.96. The van der Waals surface area contributed by atoms with Gasteiger partial charge in [-0.2, -0.15) is 0 Å². The number of aromatic nitrogens is 1. The van der Waals surface area contributed by atoms with Crippen molar-refractivity contribution in [3.8, 4) is 11.6 Å². The van der Waals surface area contributed by atoms with Gasteiger partial charge in [-0.3, -0.25) is 9.59 Å². The van der Waals surface area contributed by atoms with Crippen LogP contribution in [0.5, 0.6) is 11.6 Å². The summed E-state index contributed by atoms with van der Waals surface area (Å²) in [6, 6.07) is 16.1. The minimum Gasteiger partial charge on any atom is -0.439 e. The van der Waals surface area contributed by atoms with Crippen LogP contribution >= 0.6 is 0 Å². The Hall–Kier alpha value is -3.74. The highest BCUT2D eigenvalue weighted by molar-refractivity contribution is 6.04. The number of nitrogens with zero attached hydrogens (tertiary/aromatic N) is 1. The van der Waals surface area contributed by atoms with Crippen molar-refractivity contribution in [1.82, 2.24) is 10.3 Å². The molecule has 2 amide bonds. The minimum atomic E-state index is -0.350. The average Bonchev–Trinajstić information content (AvgIpc) is 3.17. The van der Waals surface area contributed by atoms with Gasteiger partial charge in [0.05, 0.1) is 11.6 Å². The highest BCUT2D eigenvalue weighted by Gasteiger charge is 2.22. The zero-order chi connectivity index (χ0) is 20.2. The van der Waals surface area contributed by atoms with E-state index in [9.17, 15) is 14.0 Å². The van der Waals surface area contributed by atoms with E-state index in [1.807, 2.05) is 18.2 Å². The summed E-state index contributed by atoms with van der Waals surface area (Å²) < 4.78 is 18.5. The van der Waals surface area contributed by atoms with E-state index in [4.69, 9.17) is 4.74 Å². The fourth-order valence-corrected chi connectivity index (χ4v) is 3.10. The number of benzene rings is 2. The molecule has 1 fully saturated rings. The molecule has 0 radical (unpaired) electrons. The first-order valence-corrected chi connectivity index (χ1v) is 9.17. The van der Waals surface area contributed by atoms with Crippen LogP contribution in [0.15, 0.2) is 66.9 Å². The molecule has 0 saturated carbocycles. The quantitative estimate of drug-likeness (QED) is 0.683. The van der Waals surface area contributed by atoms with Crippen molar-refractivity contribution in [2.45, 2.75) is 18.9 Å². The van der Waals surface area contributed by atoms with Crippen LogP contribution in [0.3, 0.4) is 0 Å². The Morgan fingerprint density at radius 3 is 2.66 bits per heavy atom. The van der Waals surface area contributed by atoms with Gasteiger partial charge in [0.2, 0.25) is 11.8 Å². The third kappa shape index (κ3) is 4.57. The molecule has 29 heavy (non-hydrogen) atoms. The van der Waals surface area contributed by atoms with Crippen LogP contribution in [0, 0.1) is 5.82 Å². The predicted molar refractivity (Wildman–Crippen MR) is 105 cm³/mol. The molecule has 146 valence electrons. The lowest BCUT2D eigenvalue weighted by Gasteiger charge is -2.12. The van der Waals surface area contributed by atoms with Crippen LogP contribution in [0.2, 0.25) is 0 Å². The number of halogens is 1. The van der Waals surface area contributed by atoms with Crippen LogP contribution in [0.25, 0.3) is 0 Å². The number of amides is 2. The average molecular weight is 391 g/mol. The van der Waals surface area contributed by atoms with Crippen molar-refractivity contribution in [1.29, 1.82) is 0 Å². The fourth-order valence-electron chi connectivity index (χ4n) is 3.10. The van der Waals surface area contributed by atoms with Gasteiger partial charge in [-0.1, -0.05) is 12.1 Å². The van der Waals surface area contributed by atoms with Crippen molar-refractivity contribution in [3.63, 3.8) is 0 Å². The van der Waals surface area contributed by atoms with E-state index in [-0.39, 0.29) is 23.7 Å². The second-order valence-corrected chi connectivity index (χ2v) is 6.68. The van der Waals surface area contributed by atoms with Crippen LogP contribution < -0.4 is 15.4 Å². The van der Waals surface area contributed by atoms with Crippen molar-refractivity contribution in [2.24, 2.45) is 0 Å². The second-order valence-electron chi connectivity index (χ2n) is 6.68. The standard InChI is InChI=1S/C22H18FN3O3/c23-16-5-7-18(8-6-16)29-21-11-4-15(13-24-21)22(28)25-17-3-1-2-14(12-17)19-9-10-20(27)26-19/h1-8,11-13,19H,9-10H2,(H,25,28)(H,26,27). The maximum atomic E-state index is 12.9. The van der Waals surface area contributed by atoms with Gasteiger partial charge < -0.3 is 15.4 Å². The summed E-state index contributed by atoms with van der Waals surface area (Å²) in [6.45, 7) is 0. The first kappa shape index (κ1) is 18.6. The van der Waals surface area contributed by atoms with Gasteiger partial charge in [0.1, 0.15) is 11.6 Å². The Balaban J connectivity index is 1.41. The molecule has 2 N–H and O–H groups in total. The number of carbonyl (C=O) groups excluding carboxylic acids is 2. The third-order valence-corrected chi connectivity index (χ3v) is 4.58. The fraction of sp³-hybridized carbons (Fsp3) is 0.136. The van der Waals surface area contributed by atoms with Crippen molar-refractivity contribution in [2.75, 3.05) is 5.32 Å². The predicted octanol–water partition coefficient (Wildman–Crippen LogP) is 4.22. The van der Waals surface area contributed by atoms with Crippen molar-refractivity contribution < 1.29 is 18.7 Å². The lowest BCUT2D eigenvalue weighted by molar-refractivity contribution is -0.119. The number of anilines is 1. The van der Waals surface area contributed by atoms with Gasteiger partial charge in [0.15, 0.2) is 0 Å². The summed E-state index contributed by atoms with van der Waals surface area (Å²) >= 11 is 0. The number of pyridine rings is 1. The normalized spacial score (nSPS) is 15.6. The van der Waals surface area contributed by atoms with E-state index in [2.05, 4.69) is 15.6 Å². The lowest BCUT2D eigenvalue weighted by Crippen LogP contribution is -2.18. The molecule has 6 nitrogen and oxygen atoms in total. The molecule has 1 aliphatic rings. The molecule has 0 aliphatic carbocycles. The van der Waals surface area contributed by atoms with Crippen LogP contribution in [0.4, 0.5) is 10.1 Å². The Labute approximate surface area is 166 Å². The molecule has 1 aliphatic heterocycles. The maximum Gasteiger partial charge on any atom is 0.257 e. The molecule has 2 heterocycles. The number of nitrogens with one attached hydrogen (secondary N) is 2. The Morgan fingerprint density at radius 2 is 1.97 bits per heavy atom. The van der Waals surface area contributed by atoms with Crippen LogP contribution in [-0.2, 0) is 4.79 Å². The van der Waals surface area contributed by atoms with Crippen molar-refractivity contribution in [3.05, 3.63) is 83.8 Å². The highest BCUT2D eigenvalue weighted by atomic mass is 19.1. The summed E-state index contributed by atoms with van der Waals surface area (Å²) in [5, 5.41) is 5.75. The number of ether oxygens (including phenoxy) is 1. The van der Waals surface area contributed by atoms with Crippen LogP contribution in [-0.4, -0.2) is 16.8 Å². The molecule has 2 aromatic carbocycles. The zero-order valence-electron chi connectivity index (χ0n) is 15.4. The van der Waals surface area contributed by atoms with Gasteiger partial charge in [-0.25, -0.2) is 9.37 Å². The van der Waals surface area contributed by atoms with Crippen LogP contribution in [0.1, 0.15) is 34.8 Å². The number of hydrogen-bond acceptors (Lipinski definition) is 4. The summed E-state index contributed by atoms with van der Waals surface area (Å²) in [7, 11) is 0. The summed E-state index contributed by atoms with van der Waals surface area (Å²) in [4.78, 5) is 28.0. The molecule has 3 aromatic rings. The smallest absolute Gasteiger partial charge is 0.257 e. The Morgan fingerprint density at radius 1 is 1.14 bits per heavy atom. The zero-order valence-corrected chi connectivity index (χ0v) is 15.4. The van der Waals surface area contributed by atoms with Crippen molar-refractivity contribution >= 4 is 17.5 Å². The monoisotopic (exact) mass is 391 g/mol. The molecule has 4 rings (SSSR count). The first-order valence-electron chi connectivity index (χ1n) is 9.17. The van der Waals surface area contributed by atoms with Gasteiger partial charge in [0, 0.05) is 24.4 Å². The van der Waals surface area contributed by atoms with Gasteiger partial charge in [-0.15, -0.1) is 0 Å². The molecule has 0 bridgehead atoms.